The van der Waals surface area contributed by atoms with Crippen LogP contribution in [-0.2, 0) is 0 Å². The van der Waals surface area contributed by atoms with E-state index >= 15 is 0 Å². The number of hydrogen-bond acceptors (Lipinski definition) is 2. The van der Waals surface area contributed by atoms with Gasteiger partial charge in [-0.2, -0.15) is 0 Å². The molecule has 60 heavy (non-hydrogen) atoms. The van der Waals surface area contributed by atoms with Crippen LogP contribution >= 0.6 is 0 Å². The number of hydrogen-bond donors (Lipinski definition) is 0. The number of rotatable bonds is 6. The maximum Gasteiger partial charge on any atom is 0.0546 e. The average Bonchev–Trinajstić information content (AvgIpc) is 3.32. The zero-order valence-electron chi connectivity index (χ0n) is 32.8. The molecule has 0 spiro atoms. The summed E-state index contributed by atoms with van der Waals surface area (Å²) in [5.74, 6) is 0. The molecule has 2 nitrogen and oxygen atoms in total. The Morgan fingerprint density at radius 2 is 0.433 bits per heavy atom. The van der Waals surface area contributed by atoms with E-state index < -0.39 is 0 Å². The molecule has 0 saturated heterocycles. The minimum absolute atomic E-state index is 1.11. The van der Waals surface area contributed by atoms with Gasteiger partial charge in [0.15, 0.2) is 0 Å². The molecule has 0 amide bonds. The van der Waals surface area contributed by atoms with Crippen LogP contribution in [0.1, 0.15) is 0 Å². The van der Waals surface area contributed by atoms with Crippen molar-refractivity contribution in [2.45, 2.75) is 0 Å². The Hall–Kier alpha value is -7.94. The van der Waals surface area contributed by atoms with Crippen LogP contribution in [0.3, 0.4) is 0 Å². The topological polar surface area (TPSA) is 6.48 Å². The zero-order chi connectivity index (χ0) is 39.6. The molecule has 0 saturated carbocycles. The van der Waals surface area contributed by atoms with Crippen LogP contribution < -0.4 is 9.80 Å². The van der Waals surface area contributed by atoms with Gasteiger partial charge in [0.05, 0.1) is 22.7 Å². The van der Waals surface area contributed by atoms with Crippen molar-refractivity contribution in [2.24, 2.45) is 0 Å². The van der Waals surface area contributed by atoms with Gasteiger partial charge in [-0.1, -0.05) is 182 Å². The fourth-order valence-electron chi connectivity index (χ4n) is 9.69. The molecular formula is C58H38N2. The summed E-state index contributed by atoms with van der Waals surface area (Å²) in [6.07, 6.45) is 0. The van der Waals surface area contributed by atoms with Crippen molar-refractivity contribution in [1.29, 1.82) is 0 Å². The van der Waals surface area contributed by atoms with E-state index in [4.69, 9.17) is 0 Å². The van der Waals surface area contributed by atoms with E-state index in [1.165, 1.54) is 75.4 Å². The van der Waals surface area contributed by atoms with Gasteiger partial charge in [0.2, 0.25) is 0 Å². The second-order valence-corrected chi connectivity index (χ2v) is 15.6. The van der Waals surface area contributed by atoms with Gasteiger partial charge < -0.3 is 9.80 Å². The Bertz CT molecular complexity index is 3370. The van der Waals surface area contributed by atoms with Crippen molar-refractivity contribution >= 4 is 110 Å². The molecule has 0 bridgehead atoms. The molecule has 0 fully saturated rings. The SMILES string of the molecule is c1ccc(N(c2cc3ccccc3c3ccccc23)c2cc3c4ccccc4c(N(c4ccccc4)c4cc5ccccc5c5ccccc45)cc3c3ccccc23)cc1. The third-order valence-corrected chi connectivity index (χ3v) is 12.3. The number of fused-ring (bicyclic) bond motifs is 11. The summed E-state index contributed by atoms with van der Waals surface area (Å²) in [4.78, 5) is 4.97. The fraction of sp³-hybridized carbons (Fsp3) is 0. The van der Waals surface area contributed by atoms with E-state index in [0.29, 0.717) is 0 Å². The van der Waals surface area contributed by atoms with Gasteiger partial charge in [-0.3, -0.25) is 0 Å². The standard InChI is InChI=1S/C58H38N2/c1-3-21-41(22-4-1)59(55-35-39-19-7-9-25-43(39)45-27-11-15-31-49(45)55)57-37-53-48-30-14-18-34-52(48)58(38-54(53)47-29-13-17-33-51(47)57)60(42-23-5-2-6-24-42)56-36-40-20-8-10-26-44(40)46-28-12-16-32-50(46)56/h1-38H. The Kier molecular flexibility index (Phi) is 7.89. The van der Waals surface area contributed by atoms with E-state index in [0.717, 1.165) is 34.1 Å². The first kappa shape index (κ1) is 34.1. The van der Waals surface area contributed by atoms with Crippen molar-refractivity contribution < 1.29 is 0 Å². The molecule has 0 N–H and O–H groups in total. The third-order valence-electron chi connectivity index (χ3n) is 12.3. The molecule has 0 aliphatic rings. The molecule has 280 valence electrons. The van der Waals surface area contributed by atoms with Crippen molar-refractivity contribution in [1.82, 2.24) is 0 Å². The summed E-state index contributed by atoms with van der Waals surface area (Å²) in [7, 11) is 0. The molecule has 2 heteroatoms. The lowest BCUT2D eigenvalue weighted by Crippen LogP contribution is -2.12. The largest absolute Gasteiger partial charge is 0.309 e. The third kappa shape index (κ3) is 5.35. The summed E-state index contributed by atoms with van der Waals surface area (Å²) in [6.45, 7) is 0. The normalized spacial score (nSPS) is 11.7. The number of anilines is 6. The summed E-state index contributed by atoms with van der Waals surface area (Å²) in [5.41, 5.74) is 6.81. The van der Waals surface area contributed by atoms with E-state index in [9.17, 15) is 0 Å². The van der Waals surface area contributed by atoms with Gasteiger partial charge in [0, 0.05) is 32.9 Å². The Morgan fingerprint density at radius 3 is 0.783 bits per heavy atom. The predicted octanol–water partition coefficient (Wildman–Crippen LogP) is 16.7. The number of para-hydroxylation sites is 2. The molecule has 0 heterocycles. The van der Waals surface area contributed by atoms with E-state index in [2.05, 4.69) is 240 Å². The van der Waals surface area contributed by atoms with Crippen LogP contribution in [0.2, 0.25) is 0 Å². The van der Waals surface area contributed by atoms with Gasteiger partial charge in [0.1, 0.15) is 0 Å². The van der Waals surface area contributed by atoms with Crippen molar-refractivity contribution in [3.05, 3.63) is 231 Å². The fourth-order valence-corrected chi connectivity index (χ4v) is 9.69. The van der Waals surface area contributed by atoms with Gasteiger partial charge in [-0.15, -0.1) is 0 Å². The summed E-state index contributed by atoms with van der Waals surface area (Å²) < 4.78 is 0. The first-order chi connectivity index (χ1) is 29.8. The average molecular weight is 763 g/mol. The Balaban J connectivity index is 1.19. The van der Waals surface area contributed by atoms with E-state index in [-0.39, 0.29) is 0 Å². The van der Waals surface area contributed by atoms with E-state index in [1.807, 2.05) is 0 Å². The van der Waals surface area contributed by atoms with Crippen LogP contribution in [0, 0.1) is 0 Å². The Morgan fingerprint density at radius 1 is 0.183 bits per heavy atom. The highest BCUT2D eigenvalue weighted by atomic mass is 15.2. The monoisotopic (exact) mass is 762 g/mol. The number of nitrogens with zero attached hydrogens (tertiary/aromatic N) is 2. The van der Waals surface area contributed by atoms with Crippen LogP contribution in [0.15, 0.2) is 231 Å². The molecule has 0 aliphatic carbocycles. The van der Waals surface area contributed by atoms with E-state index in [1.54, 1.807) is 0 Å². The molecule has 12 aromatic carbocycles. The molecule has 0 unspecified atom stereocenters. The highest BCUT2D eigenvalue weighted by Gasteiger charge is 2.24. The first-order valence-electron chi connectivity index (χ1n) is 20.7. The molecule has 12 aromatic rings. The molecule has 0 aliphatic heterocycles. The van der Waals surface area contributed by atoms with Gasteiger partial charge in [-0.05, 0) is 102 Å². The maximum absolute atomic E-state index is 2.48. The second kappa shape index (κ2) is 13.9. The number of benzene rings is 12. The Labute approximate surface area is 348 Å². The van der Waals surface area contributed by atoms with Crippen LogP contribution in [0.5, 0.6) is 0 Å². The first-order valence-corrected chi connectivity index (χ1v) is 20.7. The molecule has 12 rings (SSSR count). The second-order valence-electron chi connectivity index (χ2n) is 15.6. The van der Waals surface area contributed by atoms with Gasteiger partial charge in [0.25, 0.3) is 0 Å². The summed E-state index contributed by atoms with van der Waals surface area (Å²) in [5, 5.41) is 17.1. The quantitative estimate of drug-likeness (QED) is 0.156. The summed E-state index contributed by atoms with van der Waals surface area (Å²) in [6, 6.07) is 84.5. The molecule has 0 aromatic heterocycles. The predicted molar refractivity (Wildman–Crippen MR) is 258 cm³/mol. The highest BCUT2D eigenvalue weighted by molar-refractivity contribution is 6.26. The van der Waals surface area contributed by atoms with Crippen LogP contribution in [-0.4, -0.2) is 0 Å². The lowest BCUT2D eigenvalue weighted by atomic mass is 9.92. The molecule has 0 atom stereocenters. The van der Waals surface area contributed by atoms with Crippen LogP contribution in [0.4, 0.5) is 34.1 Å². The smallest absolute Gasteiger partial charge is 0.0546 e. The highest BCUT2D eigenvalue weighted by Crippen LogP contribution is 2.50. The maximum atomic E-state index is 2.48. The van der Waals surface area contributed by atoms with Crippen LogP contribution in [0.25, 0.3) is 75.4 Å². The lowest BCUT2D eigenvalue weighted by molar-refractivity contribution is 1.32. The van der Waals surface area contributed by atoms with Crippen molar-refractivity contribution in [3.63, 3.8) is 0 Å². The lowest BCUT2D eigenvalue weighted by Gasteiger charge is -2.31. The summed E-state index contributed by atoms with van der Waals surface area (Å²) >= 11 is 0. The van der Waals surface area contributed by atoms with Gasteiger partial charge in [-0.25, -0.2) is 0 Å². The minimum atomic E-state index is 1.11. The minimum Gasteiger partial charge on any atom is -0.309 e. The molecule has 0 radical (unpaired) electrons. The van der Waals surface area contributed by atoms with Crippen molar-refractivity contribution in [3.8, 4) is 0 Å². The molecular weight excluding hydrogens is 725 g/mol. The zero-order valence-corrected chi connectivity index (χ0v) is 32.8. The van der Waals surface area contributed by atoms with Crippen molar-refractivity contribution in [2.75, 3.05) is 9.80 Å². The van der Waals surface area contributed by atoms with Gasteiger partial charge >= 0.3 is 0 Å².